The zero-order valence-electron chi connectivity index (χ0n) is 19.1. The maximum absolute atomic E-state index is 13.0. The van der Waals surface area contributed by atoms with Crippen LogP contribution in [0, 0.1) is 6.92 Å². The number of fused-ring (bicyclic) bond motifs is 1. The molecule has 2 aliphatic rings. The molecule has 0 unspecified atom stereocenters. The van der Waals surface area contributed by atoms with Gasteiger partial charge < -0.3 is 19.4 Å². The number of anilines is 1. The Morgan fingerprint density at radius 1 is 1.18 bits per heavy atom. The molecule has 0 saturated carbocycles. The Morgan fingerprint density at radius 2 is 2.03 bits per heavy atom. The molecule has 172 valence electrons. The fourth-order valence-corrected chi connectivity index (χ4v) is 4.46. The van der Waals surface area contributed by atoms with Crippen molar-refractivity contribution in [3.05, 3.63) is 53.6 Å². The molecule has 8 nitrogen and oxygen atoms in total. The van der Waals surface area contributed by atoms with Crippen molar-refractivity contribution in [2.75, 3.05) is 57.9 Å². The van der Waals surface area contributed by atoms with E-state index in [9.17, 15) is 4.79 Å². The van der Waals surface area contributed by atoms with Crippen molar-refractivity contribution in [2.45, 2.75) is 13.3 Å². The number of carbonyl (C=O) groups is 1. The second kappa shape index (κ2) is 9.33. The van der Waals surface area contributed by atoms with Crippen LogP contribution in [0.2, 0.25) is 0 Å². The Kier molecular flexibility index (Phi) is 6.11. The molecule has 2 aromatic heterocycles. The van der Waals surface area contributed by atoms with E-state index in [1.807, 2.05) is 31.2 Å². The number of benzene rings is 1. The standard InChI is InChI=1S/C25H29N5O3/c1-17-13-24(30-9-11-33-12-10-30)28-25(27-17)18-5-7-29(8-6-18)16-23(31)21-15-26-22-14-19(32-2)3-4-20(21)22/h3-5,13-15,26H,6-12,16H2,1-2H3. The number of hydrogen-bond donors (Lipinski definition) is 1. The van der Waals surface area contributed by atoms with Gasteiger partial charge in [0.2, 0.25) is 0 Å². The fraction of sp³-hybridized carbons (Fsp3) is 0.400. The SMILES string of the molecule is COc1ccc2c(C(=O)CN3CC=C(c4nc(C)cc(N5CCOCC5)n4)CC3)c[nH]c2c1. The Morgan fingerprint density at radius 3 is 2.79 bits per heavy atom. The lowest BCUT2D eigenvalue weighted by molar-refractivity contribution is 0.0939. The molecule has 0 aliphatic carbocycles. The summed E-state index contributed by atoms with van der Waals surface area (Å²) in [5.41, 5.74) is 3.75. The predicted octanol–water partition coefficient (Wildman–Crippen LogP) is 3.08. The minimum atomic E-state index is 0.115. The van der Waals surface area contributed by atoms with E-state index in [0.717, 1.165) is 84.4 Å². The van der Waals surface area contributed by atoms with Crippen molar-refractivity contribution in [3.63, 3.8) is 0 Å². The largest absolute Gasteiger partial charge is 0.497 e. The van der Waals surface area contributed by atoms with Crippen molar-refractivity contribution in [1.29, 1.82) is 0 Å². The van der Waals surface area contributed by atoms with E-state index >= 15 is 0 Å². The summed E-state index contributed by atoms with van der Waals surface area (Å²) >= 11 is 0. The number of rotatable bonds is 6. The van der Waals surface area contributed by atoms with Crippen LogP contribution in [0.1, 0.15) is 28.3 Å². The van der Waals surface area contributed by atoms with E-state index < -0.39 is 0 Å². The molecule has 1 aromatic carbocycles. The molecule has 33 heavy (non-hydrogen) atoms. The number of morpholine rings is 1. The van der Waals surface area contributed by atoms with Crippen LogP contribution in [0.3, 0.4) is 0 Å². The van der Waals surface area contributed by atoms with E-state index in [0.29, 0.717) is 13.1 Å². The average molecular weight is 448 g/mol. The van der Waals surface area contributed by atoms with Gasteiger partial charge in [0.15, 0.2) is 11.6 Å². The molecule has 8 heteroatoms. The lowest BCUT2D eigenvalue weighted by Gasteiger charge is -2.29. The fourth-order valence-electron chi connectivity index (χ4n) is 4.46. The van der Waals surface area contributed by atoms with E-state index in [1.165, 1.54) is 0 Å². The molecule has 0 bridgehead atoms. The first-order valence-electron chi connectivity index (χ1n) is 11.4. The number of ether oxygens (including phenoxy) is 2. The van der Waals surface area contributed by atoms with Crippen LogP contribution in [0.25, 0.3) is 16.5 Å². The maximum atomic E-state index is 13.0. The maximum Gasteiger partial charge on any atom is 0.178 e. The number of aryl methyl sites for hydroxylation is 1. The number of nitrogens with zero attached hydrogens (tertiary/aromatic N) is 4. The summed E-state index contributed by atoms with van der Waals surface area (Å²) in [7, 11) is 1.64. The van der Waals surface area contributed by atoms with Crippen LogP contribution in [0.15, 0.2) is 36.5 Å². The molecule has 2 aliphatic heterocycles. The first-order chi connectivity index (χ1) is 16.1. The van der Waals surface area contributed by atoms with Crippen LogP contribution < -0.4 is 9.64 Å². The van der Waals surface area contributed by atoms with Gasteiger partial charge in [-0.15, -0.1) is 0 Å². The highest BCUT2D eigenvalue weighted by molar-refractivity contribution is 6.09. The number of carbonyl (C=O) groups excluding carboxylic acids is 1. The number of methoxy groups -OCH3 is 1. The molecule has 4 heterocycles. The molecular formula is C25H29N5O3. The summed E-state index contributed by atoms with van der Waals surface area (Å²) in [5.74, 6) is 2.65. The normalized spacial score (nSPS) is 17.3. The summed E-state index contributed by atoms with van der Waals surface area (Å²) < 4.78 is 10.7. The Labute approximate surface area is 193 Å². The van der Waals surface area contributed by atoms with Gasteiger partial charge in [0, 0.05) is 66.7 Å². The number of H-pyrrole nitrogens is 1. The predicted molar refractivity (Wildman–Crippen MR) is 128 cm³/mol. The lowest BCUT2D eigenvalue weighted by Crippen LogP contribution is -2.37. The van der Waals surface area contributed by atoms with Crippen LogP contribution in [0.4, 0.5) is 5.82 Å². The molecule has 0 spiro atoms. The summed E-state index contributed by atoms with van der Waals surface area (Å²) in [5, 5.41) is 0.929. The number of nitrogens with one attached hydrogen (secondary N) is 1. The molecule has 0 atom stereocenters. The number of hydrogen-bond acceptors (Lipinski definition) is 7. The average Bonchev–Trinajstić information content (AvgIpc) is 3.28. The third kappa shape index (κ3) is 4.62. The van der Waals surface area contributed by atoms with Crippen molar-refractivity contribution in [3.8, 4) is 5.75 Å². The summed E-state index contributed by atoms with van der Waals surface area (Å²) in [4.78, 5) is 30.2. The highest BCUT2D eigenvalue weighted by Crippen LogP contribution is 2.26. The number of Topliss-reactive ketones (excluding diaryl/α,β-unsaturated/α-hetero) is 1. The number of aromatic nitrogens is 3. The molecule has 1 saturated heterocycles. The van der Waals surface area contributed by atoms with Gasteiger partial charge in [-0.2, -0.15) is 0 Å². The third-order valence-electron chi connectivity index (χ3n) is 6.31. The first kappa shape index (κ1) is 21.6. The third-order valence-corrected chi connectivity index (χ3v) is 6.31. The second-order valence-corrected chi connectivity index (χ2v) is 8.54. The monoisotopic (exact) mass is 447 g/mol. The van der Waals surface area contributed by atoms with Crippen LogP contribution in [-0.2, 0) is 4.74 Å². The minimum Gasteiger partial charge on any atom is -0.497 e. The van der Waals surface area contributed by atoms with E-state index in [1.54, 1.807) is 13.3 Å². The highest BCUT2D eigenvalue weighted by atomic mass is 16.5. The zero-order valence-corrected chi connectivity index (χ0v) is 19.1. The van der Waals surface area contributed by atoms with Gasteiger partial charge in [0.05, 0.1) is 26.9 Å². The lowest BCUT2D eigenvalue weighted by atomic mass is 10.1. The molecule has 5 rings (SSSR count). The van der Waals surface area contributed by atoms with Gasteiger partial charge in [0.1, 0.15) is 11.6 Å². The van der Waals surface area contributed by atoms with Gasteiger partial charge in [-0.25, -0.2) is 9.97 Å². The van der Waals surface area contributed by atoms with Crippen molar-refractivity contribution in [2.24, 2.45) is 0 Å². The van der Waals surface area contributed by atoms with Gasteiger partial charge >= 0.3 is 0 Å². The smallest absolute Gasteiger partial charge is 0.178 e. The number of aromatic amines is 1. The molecule has 3 aromatic rings. The summed E-state index contributed by atoms with van der Waals surface area (Å²) in [6, 6.07) is 7.78. The molecule has 0 radical (unpaired) electrons. The van der Waals surface area contributed by atoms with Crippen LogP contribution in [-0.4, -0.2) is 78.7 Å². The van der Waals surface area contributed by atoms with Gasteiger partial charge in [-0.3, -0.25) is 9.69 Å². The molecule has 1 fully saturated rings. The van der Waals surface area contributed by atoms with Gasteiger partial charge in [-0.1, -0.05) is 6.08 Å². The van der Waals surface area contributed by atoms with Crippen LogP contribution >= 0.6 is 0 Å². The van der Waals surface area contributed by atoms with Crippen molar-refractivity contribution >= 4 is 28.1 Å². The Bertz CT molecular complexity index is 1200. The Hall–Kier alpha value is -3.23. The van der Waals surface area contributed by atoms with Gasteiger partial charge in [0.25, 0.3) is 0 Å². The Balaban J connectivity index is 1.27. The molecular weight excluding hydrogens is 418 g/mol. The van der Waals surface area contributed by atoms with E-state index in [2.05, 4.69) is 20.9 Å². The summed E-state index contributed by atoms with van der Waals surface area (Å²) in [6.45, 7) is 7.08. The minimum absolute atomic E-state index is 0.115. The highest BCUT2D eigenvalue weighted by Gasteiger charge is 2.21. The van der Waals surface area contributed by atoms with E-state index in [-0.39, 0.29) is 5.78 Å². The van der Waals surface area contributed by atoms with Crippen LogP contribution in [0.5, 0.6) is 5.75 Å². The zero-order chi connectivity index (χ0) is 22.8. The number of ketones is 1. The summed E-state index contributed by atoms with van der Waals surface area (Å²) in [6.07, 6.45) is 4.78. The van der Waals surface area contributed by atoms with E-state index in [4.69, 9.17) is 19.4 Å². The van der Waals surface area contributed by atoms with Crippen molar-refractivity contribution < 1.29 is 14.3 Å². The second-order valence-electron chi connectivity index (χ2n) is 8.54. The molecule has 0 amide bonds. The van der Waals surface area contributed by atoms with Crippen molar-refractivity contribution in [1.82, 2.24) is 19.9 Å². The topological polar surface area (TPSA) is 83.6 Å². The quantitative estimate of drug-likeness (QED) is 0.582. The molecule has 1 N–H and O–H groups in total. The van der Waals surface area contributed by atoms with Gasteiger partial charge in [-0.05, 0) is 31.1 Å². The first-order valence-corrected chi connectivity index (χ1v) is 11.4.